The van der Waals surface area contributed by atoms with Gasteiger partial charge in [0.1, 0.15) is 28.6 Å². The van der Waals surface area contributed by atoms with E-state index in [-0.39, 0.29) is 0 Å². The zero-order valence-electron chi connectivity index (χ0n) is 16.9. The third kappa shape index (κ3) is 3.41. The molecule has 9 heteroatoms. The lowest BCUT2D eigenvalue weighted by molar-refractivity contribution is 0.306. The molecule has 0 amide bonds. The van der Waals surface area contributed by atoms with Crippen molar-refractivity contribution in [2.24, 2.45) is 0 Å². The summed E-state index contributed by atoms with van der Waals surface area (Å²) in [4.78, 5) is 10.0. The Morgan fingerprint density at radius 1 is 1.06 bits per heavy atom. The molecule has 4 aromatic heterocycles. The van der Waals surface area contributed by atoms with Gasteiger partial charge in [-0.05, 0) is 29.5 Å². The van der Waals surface area contributed by atoms with Gasteiger partial charge in [0.05, 0.1) is 24.4 Å². The van der Waals surface area contributed by atoms with Gasteiger partial charge < -0.3 is 13.9 Å². The van der Waals surface area contributed by atoms with Gasteiger partial charge in [-0.1, -0.05) is 36.4 Å². The van der Waals surface area contributed by atoms with Gasteiger partial charge in [-0.25, -0.2) is 14.5 Å². The van der Waals surface area contributed by atoms with Crippen LogP contribution >= 0.6 is 22.7 Å². The maximum Gasteiger partial charge on any atom is 0.294 e. The molecule has 0 fully saturated rings. The molecule has 0 N–H and O–H groups in total. The summed E-state index contributed by atoms with van der Waals surface area (Å²) < 4.78 is 19.0. The predicted octanol–water partition coefficient (Wildman–Crippen LogP) is 5.92. The molecule has 7 nitrogen and oxygen atoms in total. The van der Waals surface area contributed by atoms with Crippen molar-refractivity contribution in [3.05, 3.63) is 71.9 Å². The first-order valence-corrected chi connectivity index (χ1v) is 11.5. The van der Waals surface area contributed by atoms with Crippen LogP contribution in [0.3, 0.4) is 0 Å². The Labute approximate surface area is 190 Å². The van der Waals surface area contributed by atoms with E-state index in [1.807, 2.05) is 54.0 Å². The van der Waals surface area contributed by atoms with E-state index < -0.39 is 0 Å². The van der Waals surface area contributed by atoms with E-state index in [1.54, 1.807) is 23.0 Å². The minimum atomic E-state index is 0.382. The van der Waals surface area contributed by atoms with Gasteiger partial charge in [-0.15, -0.1) is 16.4 Å². The number of imidazole rings is 1. The molecular weight excluding hydrogens is 444 g/mol. The van der Waals surface area contributed by atoms with Crippen molar-refractivity contribution in [1.82, 2.24) is 19.6 Å². The number of hydrogen-bond donors (Lipinski definition) is 0. The quantitative estimate of drug-likeness (QED) is 0.307. The first-order chi connectivity index (χ1) is 15.8. The Hall–Kier alpha value is -3.69. The molecule has 0 atom stereocenters. The number of thiazole rings is 1. The van der Waals surface area contributed by atoms with Crippen LogP contribution in [0, 0.1) is 0 Å². The van der Waals surface area contributed by atoms with Gasteiger partial charge in [-0.3, -0.25) is 0 Å². The fourth-order valence-electron chi connectivity index (χ4n) is 3.41. The molecule has 0 unspecified atom stereocenters. The Bertz CT molecular complexity index is 1500. The second-order valence-corrected chi connectivity index (χ2v) is 8.78. The molecule has 0 aliphatic heterocycles. The van der Waals surface area contributed by atoms with E-state index in [1.165, 1.54) is 11.3 Å². The fraction of sp³-hybridized carbons (Fsp3) is 0.0870. The molecule has 0 spiro atoms. The van der Waals surface area contributed by atoms with Crippen molar-refractivity contribution < 1.29 is 13.9 Å². The molecule has 6 aromatic rings. The molecule has 32 heavy (non-hydrogen) atoms. The molecule has 0 radical (unpaired) electrons. The molecule has 2 aromatic carbocycles. The molecular formula is C23H16N4O3S2. The van der Waals surface area contributed by atoms with Crippen molar-refractivity contribution >= 4 is 38.6 Å². The second-order valence-electron chi connectivity index (χ2n) is 7.00. The van der Waals surface area contributed by atoms with Crippen LogP contribution in [0.4, 0.5) is 0 Å². The highest BCUT2D eigenvalue weighted by molar-refractivity contribution is 7.18. The number of rotatable bonds is 6. The monoisotopic (exact) mass is 460 g/mol. The minimum Gasteiger partial charge on any atom is -0.486 e. The first-order valence-electron chi connectivity index (χ1n) is 9.82. The van der Waals surface area contributed by atoms with Crippen molar-refractivity contribution in [3.63, 3.8) is 0 Å². The molecule has 4 heterocycles. The average molecular weight is 461 g/mol. The summed E-state index contributed by atoms with van der Waals surface area (Å²) in [7, 11) is 1.59. The molecule has 0 bridgehead atoms. The van der Waals surface area contributed by atoms with Crippen LogP contribution in [0.5, 0.6) is 10.9 Å². The third-order valence-corrected chi connectivity index (χ3v) is 6.75. The van der Waals surface area contributed by atoms with Crippen LogP contribution < -0.4 is 9.47 Å². The lowest BCUT2D eigenvalue weighted by Crippen LogP contribution is -1.96. The van der Waals surface area contributed by atoms with Gasteiger partial charge >= 0.3 is 0 Å². The van der Waals surface area contributed by atoms with Crippen molar-refractivity contribution in [2.45, 2.75) is 6.61 Å². The minimum absolute atomic E-state index is 0.382. The molecule has 0 saturated carbocycles. The smallest absolute Gasteiger partial charge is 0.294 e. The predicted molar refractivity (Wildman–Crippen MR) is 125 cm³/mol. The first kappa shape index (κ1) is 19.0. The summed E-state index contributed by atoms with van der Waals surface area (Å²) in [6, 6.07) is 17.9. The van der Waals surface area contributed by atoms with Crippen LogP contribution in [0.1, 0.15) is 5.69 Å². The number of hydrogen-bond acceptors (Lipinski definition) is 8. The summed E-state index contributed by atoms with van der Waals surface area (Å²) in [5.41, 5.74) is 3.45. The van der Waals surface area contributed by atoms with E-state index in [2.05, 4.69) is 22.2 Å². The zero-order valence-corrected chi connectivity index (χ0v) is 18.5. The van der Waals surface area contributed by atoms with Crippen LogP contribution in [0.25, 0.3) is 38.0 Å². The third-order valence-electron chi connectivity index (χ3n) is 4.92. The molecule has 0 aliphatic rings. The Balaban J connectivity index is 1.25. The van der Waals surface area contributed by atoms with Gasteiger partial charge in [0.25, 0.3) is 5.19 Å². The van der Waals surface area contributed by atoms with Crippen LogP contribution in [-0.4, -0.2) is 26.7 Å². The van der Waals surface area contributed by atoms with Crippen molar-refractivity contribution in [2.75, 3.05) is 7.11 Å². The van der Waals surface area contributed by atoms with E-state index in [0.29, 0.717) is 23.3 Å². The fourth-order valence-corrected chi connectivity index (χ4v) is 4.92. The van der Waals surface area contributed by atoms with Crippen LogP contribution in [0.15, 0.2) is 70.6 Å². The topological polar surface area (TPSA) is 74.7 Å². The lowest BCUT2D eigenvalue weighted by Gasteiger charge is -2.04. The number of nitrogens with zero attached hydrogens (tertiary/aromatic N) is 4. The average Bonchev–Trinajstić information content (AvgIpc) is 3.60. The van der Waals surface area contributed by atoms with E-state index in [0.717, 1.165) is 37.9 Å². The second kappa shape index (κ2) is 7.77. The Morgan fingerprint density at radius 3 is 2.81 bits per heavy atom. The highest BCUT2D eigenvalue weighted by Crippen LogP contribution is 2.34. The van der Waals surface area contributed by atoms with Gasteiger partial charge in [0, 0.05) is 10.9 Å². The number of ether oxygens (including phenoxy) is 2. The molecule has 6 rings (SSSR count). The van der Waals surface area contributed by atoms with Gasteiger partial charge in [-0.2, -0.15) is 0 Å². The number of aromatic nitrogens is 4. The maximum atomic E-state index is 6.11. The van der Waals surface area contributed by atoms with E-state index in [4.69, 9.17) is 18.9 Å². The number of benzene rings is 2. The Kier molecular flexibility index (Phi) is 4.62. The summed E-state index contributed by atoms with van der Waals surface area (Å²) >= 11 is 2.99. The molecule has 0 saturated heterocycles. The van der Waals surface area contributed by atoms with Crippen molar-refractivity contribution in [1.29, 1.82) is 0 Å². The standard InChI is InChI=1S/C23H16N4O3S2/c1-28-23-26-27-11-17(25-22(27)32-23)20-10-16-18(8-5-9-19(16)30-20)29-12-15-13-31-21(24-15)14-6-3-2-4-7-14/h2-11,13H,12H2,1H3. The van der Waals surface area contributed by atoms with Crippen molar-refractivity contribution in [3.8, 4) is 33.0 Å². The number of methoxy groups -OCH3 is 1. The number of fused-ring (bicyclic) bond motifs is 2. The molecule has 0 aliphatic carbocycles. The van der Waals surface area contributed by atoms with Crippen LogP contribution in [-0.2, 0) is 6.61 Å². The van der Waals surface area contributed by atoms with Crippen LogP contribution in [0.2, 0.25) is 0 Å². The van der Waals surface area contributed by atoms with E-state index in [9.17, 15) is 0 Å². The SMILES string of the molecule is COc1nn2cc(-c3cc4c(OCc5csc(-c6ccccc6)n5)cccc4o3)nc2s1. The summed E-state index contributed by atoms with van der Waals surface area (Å²) in [6.07, 6.45) is 1.83. The normalized spacial score (nSPS) is 11.4. The van der Waals surface area contributed by atoms with E-state index >= 15 is 0 Å². The summed E-state index contributed by atoms with van der Waals surface area (Å²) in [5, 5.41) is 8.79. The van der Waals surface area contributed by atoms with Gasteiger partial charge in [0.15, 0.2) is 5.76 Å². The zero-order chi connectivity index (χ0) is 21.5. The Morgan fingerprint density at radius 2 is 1.97 bits per heavy atom. The largest absolute Gasteiger partial charge is 0.486 e. The maximum absolute atomic E-state index is 6.11. The highest BCUT2D eigenvalue weighted by Gasteiger charge is 2.16. The highest BCUT2D eigenvalue weighted by atomic mass is 32.1. The number of furan rings is 1. The lowest BCUT2D eigenvalue weighted by atomic mass is 10.2. The molecule has 158 valence electrons. The summed E-state index contributed by atoms with van der Waals surface area (Å²) in [5.74, 6) is 1.40. The summed E-state index contributed by atoms with van der Waals surface area (Å²) in [6.45, 7) is 0.382. The van der Waals surface area contributed by atoms with Gasteiger partial charge in [0.2, 0.25) is 4.96 Å².